The van der Waals surface area contributed by atoms with Crippen LogP contribution in [0.15, 0.2) is 18.5 Å². The van der Waals surface area contributed by atoms with E-state index in [1.54, 1.807) is 12.3 Å². The third-order valence-electron chi connectivity index (χ3n) is 1.56. The molecule has 3 heteroatoms. The first kappa shape index (κ1) is 9.09. The lowest BCUT2D eigenvalue weighted by Crippen LogP contribution is -2.12. The van der Waals surface area contributed by atoms with Crippen LogP contribution < -0.4 is 5.32 Å². The van der Waals surface area contributed by atoms with Gasteiger partial charge >= 0.3 is 0 Å². The minimum atomic E-state index is -0.0884. The van der Waals surface area contributed by atoms with Crippen molar-refractivity contribution in [3.05, 3.63) is 24.0 Å². The summed E-state index contributed by atoms with van der Waals surface area (Å²) in [6.45, 7) is 1.85. The van der Waals surface area contributed by atoms with Gasteiger partial charge in [0.15, 0.2) is 0 Å². The van der Waals surface area contributed by atoms with Gasteiger partial charge in [0.25, 0.3) is 0 Å². The fraction of sp³-hybridized carbons (Fsp3) is 0.200. The second kappa shape index (κ2) is 4.13. The molecular formula is C10H9N3. The van der Waals surface area contributed by atoms with Gasteiger partial charge in [-0.1, -0.05) is 5.92 Å². The largest absolute Gasteiger partial charge is 0.371 e. The van der Waals surface area contributed by atoms with E-state index in [4.69, 9.17) is 11.7 Å². The maximum atomic E-state index is 8.72. The van der Waals surface area contributed by atoms with Gasteiger partial charge < -0.3 is 5.32 Å². The fourth-order valence-electron chi connectivity index (χ4n) is 0.884. The molecule has 13 heavy (non-hydrogen) atoms. The maximum absolute atomic E-state index is 8.72. The summed E-state index contributed by atoms with van der Waals surface area (Å²) < 4.78 is 0. The molecular weight excluding hydrogens is 162 g/mol. The quantitative estimate of drug-likeness (QED) is 0.684. The van der Waals surface area contributed by atoms with E-state index in [0.29, 0.717) is 5.56 Å². The van der Waals surface area contributed by atoms with Crippen molar-refractivity contribution in [3.63, 3.8) is 0 Å². The molecule has 0 amide bonds. The number of nitrogens with one attached hydrogen (secondary N) is 1. The SMILES string of the molecule is C#CC(C)Nc1ccncc1C#N. The molecule has 0 spiro atoms. The van der Waals surface area contributed by atoms with Gasteiger partial charge in [0.1, 0.15) is 6.07 Å². The molecule has 0 aliphatic rings. The molecule has 1 aromatic heterocycles. The van der Waals surface area contributed by atoms with Crippen molar-refractivity contribution in [2.45, 2.75) is 13.0 Å². The summed E-state index contributed by atoms with van der Waals surface area (Å²) in [4.78, 5) is 3.84. The third-order valence-corrected chi connectivity index (χ3v) is 1.56. The van der Waals surface area contributed by atoms with Crippen LogP contribution >= 0.6 is 0 Å². The number of terminal acetylenes is 1. The van der Waals surface area contributed by atoms with Gasteiger partial charge in [0.2, 0.25) is 0 Å². The van der Waals surface area contributed by atoms with Crippen LogP contribution in [0, 0.1) is 23.7 Å². The number of aromatic nitrogens is 1. The van der Waals surface area contributed by atoms with Crippen LogP contribution in [-0.4, -0.2) is 11.0 Å². The van der Waals surface area contributed by atoms with Crippen molar-refractivity contribution in [3.8, 4) is 18.4 Å². The maximum Gasteiger partial charge on any atom is 0.103 e. The molecule has 3 nitrogen and oxygen atoms in total. The monoisotopic (exact) mass is 171 g/mol. The van der Waals surface area contributed by atoms with Gasteiger partial charge in [-0.2, -0.15) is 5.26 Å². The van der Waals surface area contributed by atoms with E-state index < -0.39 is 0 Å². The van der Waals surface area contributed by atoms with Gasteiger partial charge in [-0.25, -0.2) is 0 Å². The van der Waals surface area contributed by atoms with Crippen molar-refractivity contribution in [2.75, 3.05) is 5.32 Å². The van der Waals surface area contributed by atoms with E-state index in [9.17, 15) is 0 Å². The Morgan fingerprint density at radius 2 is 2.46 bits per heavy atom. The highest BCUT2D eigenvalue weighted by Crippen LogP contribution is 2.12. The normalized spacial score (nSPS) is 11.0. The highest BCUT2D eigenvalue weighted by Gasteiger charge is 2.02. The summed E-state index contributed by atoms with van der Waals surface area (Å²) in [5, 5.41) is 11.7. The molecule has 0 bridgehead atoms. The highest BCUT2D eigenvalue weighted by molar-refractivity contribution is 5.56. The summed E-state index contributed by atoms with van der Waals surface area (Å²) in [6, 6.07) is 3.67. The highest BCUT2D eigenvalue weighted by atomic mass is 14.9. The Morgan fingerprint density at radius 1 is 1.69 bits per heavy atom. The molecule has 0 fully saturated rings. The molecule has 1 N–H and O–H groups in total. The molecule has 0 aliphatic carbocycles. The molecule has 0 aromatic carbocycles. The Morgan fingerprint density at radius 3 is 3.08 bits per heavy atom. The van der Waals surface area contributed by atoms with Crippen molar-refractivity contribution in [1.29, 1.82) is 5.26 Å². The van der Waals surface area contributed by atoms with Crippen LogP contribution in [-0.2, 0) is 0 Å². The Hall–Kier alpha value is -2.00. The Balaban J connectivity index is 2.90. The average molecular weight is 171 g/mol. The number of hydrogen-bond acceptors (Lipinski definition) is 3. The van der Waals surface area contributed by atoms with Crippen LogP contribution in [0.25, 0.3) is 0 Å². The zero-order chi connectivity index (χ0) is 9.68. The molecule has 0 saturated carbocycles. The molecule has 0 aliphatic heterocycles. The van der Waals surface area contributed by atoms with Crippen molar-refractivity contribution in [1.82, 2.24) is 4.98 Å². The second-order valence-electron chi connectivity index (χ2n) is 2.57. The molecule has 0 radical (unpaired) electrons. The topological polar surface area (TPSA) is 48.7 Å². The lowest BCUT2D eigenvalue weighted by atomic mass is 10.2. The first-order valence-electron chi connectivity index (χ1n) is 3.84. The van der Waals surface area contributed by atoms with Crippen molar-refractivity contribution < 1.29 is 0 Å². The molecule has 1 heterocycles. The van der Waals surface area contributed by atoms with E-state index in [-0.39, 0.29) is 6.04 Å². The summed E-state index contributed by atoms with van der Waals surface area (Å²) in [7, 11) is 0. The summed E-state index contributed by atoms with van der Waals surface area (Å²) in [6.07, 6.45) is 8.32. The molecule has 1 aromatic rings. The Bertz CT molecular complexity index is 370. The average Bonchev–Trinajstić information content (AvgIpc) is 2.18. The summed E-state index contributed by atoms with van der Waals surface area (Å²) in [5.41, 5.74) is 1.23. The number of nitriles is 1. The molecule has 1 rings (SSSR count). The lowest BCUT2D eigenvalue weighted by molar-refractivity contribution is 1.03. The Labute approximate surface area is 77.4 Å². The van der Waals surface area contributed by atoms with E-state index >= 15 is 0 Å². The molecule has 64 valence electrons. The van der Waals surface area contributed by atoms with E-state index in [0.717, 1.165) is 5.69 Å². The van der Waals surface area contributed by atoms with Crippen LogP contribution in [0.1, 0.15) is 12.5 Å². The van der Waals surface area contributed by atoms with Crippen molar-refractivity contribution >= 4 is 5.69 Å². The van der Waals surface area contributed by atoms with E-state index in [2.05, 4.69) is 16.2 Å². The minimum Gasteiger partial charge on any atom is -0.371 e. The lowest BCUT2D eigenvalue weighted by Gasteiger charge is -2.09. The predicted molar refractivity (Wildman–Crippen MR) is 50.9 cm³/mol. The molecule has 1 atom stereocenters. The van der Waals surface area contributed by atoms with Gasteiger partial charge in [-0.05, 0) is 13.0 Å². The van der Waals surface area contributed by atoms with Gasteiger partial charge in [-0.15, -0.1) is 6.42 Å². The summed E-state index contributed by atoms with van der Waals surface area (Å²) >= 11 is 0. The number of anilines is 1. The van der Waals surface area contributed by atoms with Crippen molar-refractivity contribution in [2.24, 2.45) is 0 Å². The van der Waals surface area contributed by atoms with E-state index in [1.165, 1.54) is 6.20 Å². The van der Waals surface area contributed by atoms with Gasteiger partial charge in [-0.3, -0.25) is 4.98 Å². The molecule has 0 saturated heterocycles. The van der Waals surface area contributed by atoms with Gasteiger partial charge in [0.05, 0.1) is 17.3 Å². The van der Waals surface area contributed by atoms with Crippen LogP contribution in [0.5, 0.6) is 0 Å². The first-order valence-corrected chi connectivity index (χ1v) is 3.84. The fourth-order valence-corrected chi connectivity index (χ4v) is 0.884. The number of nitrogens with zero attached hydrogens (tertiary/aromatic N) is 2. The Kier molecular flexibility index (Phi) is 2.89. The van der Waals surface area contributed by atoms with Crippen LogP contribution in [0.2, 0.25) is 0 Å². The van der Waals surface area contributed by atoms with Gasteiger partial charge in [0, 0.05) is 12.4 Å². The van der Waals surface area contributed by atoms with Crippen LogP contribution in [0.4, 0.5) is 5.69 Å². The third kappa shape index (κ3) is 2.21. The number of rotatable bonds is 2. The number of hydrogen-bond donors (Lipinski definition) is 1. The van der Waals surface area contributed by atoms with Crippen LogP contribution in [0.3, 0.4) is 0 Å². The standard InChI is InChI=1S/C10H9N3/c1-3-8(2)13-10-4-5-12-7-9(10)6-11/h1,4-5,7-8H,2H3,(H,12,13). The second-order valence-corrected chi connectivity index (χ2v) is 2.57. The zero-order valence-corrected chi connectivity index (χ0v) is 7.28. The summed E-state index contributed by atoms with van der Waals surface area (Å²) in [5.74, 6) is 2.52. The molecule has 1 unspecified atom stereocenters. The predicted octanol–water partition coefficient (Wildman–Crippen LogP) is 1.39. The van der Waals surface area contributed by atoms with E-state index in [1.807, 2.05) is 13.0 Å². The first-order chi connectivity index (χ1) is 6.27. The zero-order valence-electron chi connectivity index (χ0n) is 7.28. The number of pyridine rings is 1. The smallest absolute Gasteiger partial charge is 0.103 e. The minimum absolute atomic E-state index is 0.0884.